The first-order chi connectivity index (χ1) is 9.34. The Labute approximate surface area is 120 Å². The van der Waals surface area contributed by atoms with Crippen LogP contribution in [-0.2, 0) is 6.18 Å². The van der Waals surface area contributed by atoms with Crippen LogP contribution < -0.4 is 10.6 Å². The molecule has 7 heteroatoms. The molecule has 2 N–H and O–H groups in total. The summed E-state index contributed by atoms with van der Waals surface area (Å²) in [5.74, 6) is 0.760. The summed E-state index contributed by atoms with van der Waals surface area (Å²) >= 11 is 5.99. The predicted octanol–water partition coefficient (Wildman–Crippen LogP) is 3.32. The van der Waals surface area contributed by atoms with E-state index in [2.05, 4.69) is 11.9 Å². The summed E-state index contributed by atoms with van der Waals surface area (Å²) in [6.07, 6.45) is -1.60. The molecule has 1 aliphatic rings. The van der Waals surface area contributed by atoms with Crippen molar-refractivity contribution in [3.63, 3.8) is 0 Å². The van der Waals surface area contributed by atoms with Crippen LogP contribution in [0.5, 0.6) is 0 Å². The number of halogens is 4. The number of nitrogens with zero attached hydrogens (tertiary/aromatic N) is 2. The molecule has 2 heterocycles. The van der Waals surface area contributed by atoms with E-state index in [4.69, 9.17) is 17.3 Å². The van der Waals surface area contributed by atoms with Crippen molar-refractivity contribution in [3.8, 4) is 0 Å². The number of pyridine rings is 1. The fourth-order valence-electron chi connectivity index (χ4n) is 2.67. The maximum Gasteiger partial charge on any atom is 0.417 e. The lowest BCUT2D eigenvalue weighted by Gasteiger charge is -2.40. The molecule has 1 aliphatic heterocycles. The Kier molecular flexibility index (Phi) is 4.44. The lowest BCUT2D eigenvalue weighted by atomic mass is 9.91. The molecule has 0 bridgehead atoms. The van der Waals surface area contributed by atoms with E-state index in [1.165, 1.54) is 0 Å². The molecule has 0 spiro atoms. The molecule has 0 radical (unpaired) electrons. The van der Waals surface area contributed by atoms with Crippen molar-refractivity contribution in [1.29, 1.82) is 0 Å². The van der Waals surface area contributed by atoms with Gasteiger partial charge in [-0.25, -0.2) is 4.98 Å². The summed E-state index contributed by atoms with van der Waals surface area (Å²) in [4.78, 5) is 5.85. The number of hydrogen-bond donors (Lipinski definition) is 1. The zero-order valence-electron chi connectivity index (χ0n) is 11.1. The van der Waals surface area contributed by atoms with Crippen molar-refractivity contribution < 1.29 is 13.2 Å². The van der Waals surface area contributed by atoms with Gasteiger partial charge in [0.15, 0.2) is 0 Å². The Bertz CT molecular complexity index is 478. The molecule has 3 nitrogen and oxygen atoms in total. The van der Waals surface area contributed by atoms with E-state index >= 15 is 0 Å². The van der Waals surface area contributed by atoms with Crippen LogP contribution in [0.15, 0.2) is 12.3 Å². The Morgan fingerprint density at radius 2 is 2.20 bits per heavy atom. The van der Waals surface area contributed by atoms with Crippen LogP contribution in [0.3, 0.4) is 0 Å². The van der Waals surface area contributed by atoms with Gasteiger partial charge < -0.3 is 10.6 Å². The van der Waals surface area contributed by atoms with Crippen LogP contribution in [0.4, 0.5) is 19.0 Å². The normalized spacial score (nSPS) is 24.0. The fourth-order valence-corrected chi connectivity index (χ4v) is 2.94. The highest BCUT2D eigenvalue weighted by molar-refractivity contribution is 6.33. The second-order valence-corrected chi connectivity index (χ2v) is 5.55. The summed E-state index contributed by atoms with van der Waals surface area (Å²) in [6, 6.07) is 0.988. The Morgan fingerprint density at radius 3 is 2.75 bits per heavy atom. The number of alkyl halides is 3. The monoisotopic (exact) mass is 307 g/mol. The Balaban J connectivity index is 2.32. The number of rotatable bonds is 2. The van der Waals surface area contributed by atoms with Crippen molar-refractivity contribution in [3.05, 3.63) is 22.8 Å². The molecule has 0 aliphatic carbocycles. The number of anilines is 1. The molecule has 0 aromatic carbocycles. The molecular formula is C13H17ClF3N3. The Hall–Kier alpha value is -1.01. The first kappa shape index (κ1) is 15.4. The van der Waals surface area contributed by atoms with Crippen molar-refractivity contribution in [2.24, 2.45) is 11.7 Å². The second kappa shape index (κ2) is 5.77. The molecule has 2 atom stereocenters. The van der Waals surface area contributed by atoms with Crippen LogP contribution in [0.25, 0.3) is 0 Å². The smallest absolute Gasteiger partial charge is 0.351 e. The van der Waals surface area contributed by atoms with Crippen molar-refractivity contribution >= 4 is 17.4 Å². The Morgan fingerprint density at radius 1 is 1.50 bits per heavy atom. The number of hydrogen-bond acceptors (Lipinski definition) is 3. The minimum atomic E-state index is -4.43. The van der Waals surface area contributed by atoms with Crippen LogP contribution in [0, 0.1) is 5.92 Å². The molecule has 0 amide bonds. The third-order valence-electron chi connectivity index (χ3n) is 3.78. The van der Waals surface area contributed by atoms with E-state index in [1.807, 2.05) is 4.90 Å². The summed E-state index contributed by atoms with van der Waals surface area (Å²) in [7, 11) is 0. The van der Waals surface area contributed by atoms with Crippen LogP contribution in [0.1, 0.15) is 25.3 Å². The zero-order valence-corrected chi connectivity index (χ0v) is 11.9. The predicted molar refractivity (Wildman–Crippen MR) is 72.8 cm³/mol. The van der Waals surface area contributed by atoms with Gasteiger partial charge in [-0.05, 0) is 24.8 Å². The average molecular weight is 308 g/mol. The highest BCUT2D eigenvalue weighted by Gasteiger charge is 2.34. The van der Waals surface area contributed by atoms with E-state index in [9.17, 15) is 13.2 Å². The average Bonchev–Trinajstić information content (AvgIpc) is 2.37. The first-order valence-corrected chi connectivity index (χ1v) is 6.92. The van der Waals surface area contributed by atoms with Gasteiger partial charge in [0.1, 0.15) is 5.82 Å². The number of aromatic nitrogens is 1. The van der Waals surface area contributed by atoms with Gasteiger partial charge in [0.2, 0.25) is 0 Å². The third kappa shape index (κ3) is 3.01. The fraction of sp³-hybridized carbons (Fsp3) is 0.615. The van der Waals surface area contributed by atoms with Gasteiger partial charge in [-0.2, -0.15) is 13.2 Å². The van der Waals surface area contributed by atoms with Gasteiger partial charge in [0, 0.05) is 25.3 Å². The maximum absolute atomic E-state index is 12.6. The minimum Gasteiger partial charge on any atom is -0.351 e. The minimum absolute atomic E-state index is 0.0207. The molecule has 1 aromatic rings. The maximum atomic E-state index is 12.6. The zero-order chi connectivity index (χ0) is 14.9. The summed E-state index contributed by atoms with van der Waals surface area (Å²) in [5, 5.41) is 0.0207. The van der Waals surface area contributed by atoms with E-state index in [1.54, 1.807) is 0 Å². The summed E-state index contributed by atoms with van der Waals surface area (Å²) in [5.41, 5.74) is 4.95. The molecule has 112 valence electrons. The molecule has 2 rings (SSSR count). The topological polar surface area (TPSA) is 42.2 Å². The quantitative estimate of drug-likeness (QED) is 0.911. The highest BCUT2D eigenvalue weighted by Crippen LogP contribution is 2.36. The van der Waals surface area contributed by atoms with Crippen LogP contribution in [-0.4, -0.2) is 24.1 Å². The van der Waals surface area contributed by atoms with Gasteiger partial charge in [-0.15, -0.1) is 0 Å². The van der Waals surface area contributed by atoms with Crippen LogP contribution in [0.2, 0.25) is 5.02 Å². The standard InChI is InChI=1S/C13H17ClF3N3/c1-8-3-2-4-20(11(8)6-18)12-10(14)5-9(7-19-12)13(15,16)17/h5,7-8,11H,2-4,6,18H2,1H3. The second-order valence-electron chi connectivity index (χ2n) is 5.14. The number of nitrogens with two attached hydrogens (primary N) is 1. The van der Waals surface area contributed by atoms with E-state index in [0.29, 0.717) is 24.8 Å². The highest BCUT2D eigenvalue weighted by atomic mass is 35.5. The van der Waals surface area contributed by atoms with Gasteiger partial charge in [0.25, 0.3) is 0 Å². The van der Waals surface area contributed by atoms with E-state index in [-0.39, 0.29) is 11.1 Å². The van der Waals surface area contributed by atoms with Crippen molar-refractivity contribution in [1.82, 2.24) is 4.98 Å². The van der Waals surface area contributed by atoms with E-state index in [0.717, 1.165) is 25.1 Å². The van der Waals surface area contributed by atoms with E-state index < -0.39 is 11.7 Å². The van der Waals surface area contributed by atoms with Gasteiger partial charge in [-0.3, -0.25) is 0 Å². The molecule has 1 aromatic heterocycles. The molecular weight excluding hydrogens is 291 g/mol. The van der Waals surface area contributed by atoms with Crippen LogP contribution >= 0.6 is 11.6 Å². The summed E-state index contributed by atoms with van der Waals surface area (Å²) < 4.78 is 37.8. The first-order valence-electron chi connectivity index (χ1n) is 6.54. The van der Waals surface area contributed by atoms with Gasteiger partial charge in [0.05, 0.1) is 10.6 Å². The van der Waals surface area contributed by atoms with Gasteiger partial charge >= 0.3 is 6.18 Å². The molecule has 20 heavy (non-hydrogen) atoms. The molecule has 1 fully saturated rings. The van der Waals surface area contributed by atoms with Crippen molar-refractivity contribution in [2.45, 2.75) is 32.0 Å². The lowest BCUT2D eigenvalue weighted by Crippen LogP contribution is -2.49. The molecule has 1 saturated heterocycles. The SMILES string of the molecule is CC1CCCN(c2ncc(C(F)(F)F)cc2Cl)C1CN. The lowest BCUT2D eigenvalue weighted by molar-refractivity contribution is -0.137. The van der Waals surface area contributed by atoms with Crippen molar-refractivity contribution in [2.75, 3.05) is 18.0 Å². The van der Waals surface area contributed by atoms with Gasteiger partial charge in [-0.1, -0.05) is 18.5 Å². The number of piperidine rings is 1. The third-order valence-corrected chi connectivity index (χ3v) is 4.06. The molecule has 0 saturated carbocycles. The molecule has 2 unspecified atom stereocenters. The summed E-state index contributed by atoms with van der Waals surface area (Å²) in [6.45, 7) is 3.23. The largest absolute Gasteiger partial charge is 0.417 e.